The van der Waals surface area contributed by atoms with Crippen molar-refractivity contribution in [3.05, 3.63) is 21.2 Å². The highest BCUT2D eigenvalue weighted by Gasteiger charge is 2.34. The number of hydrogen-bond donors (Lipinski definition) is 1. The normalized spacial score (nSPS) is 17.7. The third-order valence-electron chi connectivity index (χ3n) is 3.58. The van der Waals surface area contributed by atoms with Crippen LogP contribution in [-0.2, 0) is 17.6 Å². The zero-order valence-electron chi connectivity index (χ0n) is 9.96. The van der Waals surface area contributed by atoms with Gasteiger partial charge < -0.3 is 14.6 Å². The van der Waals surface area contributed by atoms with Crippen molar-refractivity contribution in [2.45, 2.75) is 25.7 Å². The molecule has 2 aliphatic rings. The van der Waals surface area contributed by atoms with E-state index in [1.54, 1.807) is 6.92 Å². The van der Waals surface area contributed by atoms with E-state index >= 15 is 0 Å². The molecule has 0 aromatic heterocycles. The van der Waals surface area contributed by atoms with E-state index in [2.05, 4.69) is 15.9 Å². The summed E-state index contributed by atoms with van der Waals surface area (Å²) in [5.41, 5.74) is 2.82. The topological polar surface area (TPSA) is 55.8 Å². The molecule has 0 saturated carbocycles. The van der Waals surface area contributed by atoms with Gasteiger partial charge in [-0.05, 0) is 22.9 Å². The Balaban J connectivity index is 2.27. The summed E-state index contributed by atoms with van der Waals surface area (Å²) >= 11 is 3.55. The molecule has 1 atom stereocenters. The quantitative estimate of drug-likeness (QED) is 0.911. The van der Waals surface area contributed by atoms with E-state index in [4.69, 9.17) is 9.47 Å². The van der Waals surface area contributed by atoms with Crippen LogP contribution in [0.3, 0.4) is 0 Å². The van der Waals surface area contributed by atoms with Gasteiger partial charge in [-0.15, -0.1) is 0 Å². The van der Waals surface area contributed by atoms with Crippen molar-refractivity contribution in [2.24, 2.45) is 0 Å². The summed E-state index contributed by atoms with van der Waals surface area (Å²) in [5.74, 6) is 0.160. The zero-order valence-corrected chi connectivity index (χ0v) is 11.5. The van der Waals surface area contributed by atoms with Crippen LogP contribution in [0, 0.1) is 0 Å². The van der Waals surface area contributed by atoms with Gasteiger partial charge in [0, 0.05) is 29.5 Å². The number of ether oxygens (including phenoxy) is 2. The Hall–Kier alpha value is -1.23. The van der Waals surface area contributed by atoms with E-state index in [0.29, 0.717) is 13.2 Å². The lowest BCUT2D eigenvalue weighted by Gasteiger charge is -2.17. The van der Waals surface area contributed by atoms with Gasteiger partial charge in [0.1, 0.15) is 11.5 Å². The fourth-order valence-corrected chi connectivity index (χ4v) is 3.40. The number of fused-ring (bicyclic) bond motifs is 2. The summed E-state index contributed by atoms with van der Waals surface area (Å²) in [6.07, 6.45) is 1.55. The van der Waals surface area contributed by atoms with Crippen LogP contribution in [0.2, 0.25) is 0 Å². The first-order valence-electron chi connectivity index (χ1n) is 5.96. The lowest BCUT2D eigenvalue weighted by Crippen LogP contribution is -2.11. The standard InChI is InChI=1S/C13H13BrO4/c1-6(13(15)16)9-7-2-4-18-12(7)10(14)8-3-5-17-11(8)9/h6H,2-5H2,1H3,(H,15,16). The van der Waals surface area contributed by atoms with Crippen molar-refractivity contribution in [1.82, 2.24) is 0 Å². The Kier molecular flexibility index (Phi) is 2.73. The highest BCUT2D eigenvalue weighted by molar-refractivity contribution is 9.10. The SMILES string of the molecule is CC(C(=O)O)c1c2c(c(Br)c3c1OCC3)OCC2. The van der Waals surface area contributed by atoms with Gasteiger partial charge in [-0.3, -0.25) is 4.79 Å². The number of rotatable bonds is 2. The Morgan fingerprint density at radius 3 is 2.50 bits per heavy atom. The van der Waals surface area contributed by atoms with Crippen LogP contribution in [0.5, 0.6) is 11.5 Å². The molecule has 18 heavy (non-hydrogen) atoms. The molecule has 3 rings (SSSR count). The van der Waals surface area contributed by atoms with Crippen molar-refractivity contribution in [3.8, 4) is 11.5 Å². The molecule has 1 aromatic carbocycles. The molecule has 4 nitrogen and oxygen atoms in total. The number of aliphatic carboxylic acids is 1. The molecular weight excluding hydrogens is 300 g/mol. The van der Waals surface area contributed by atoms with E-state index < -0.39 is 11.9 Å². The van der Waals surface area contributed by atoms with Crippen LogP contribution in [0.1, 0.15) is 29.5 Å². The van der Waals surface area contributed by atoms with Gasteiger partial charge in [0.2, 0.25) is 0 Å². The van der Waals surface area contributed by atoms with E-state index in [1.165, 1.54) is 0 Å². The lowest BCUT2D eigenvalue weighted by molar-refractivity contribution is -0.138. The third-order valence-corrected chi connectivity index (χ3v) is 4.42. The van der Waals surface area contributed by atoms with Gasteiger partial charge in [0.15, 0.2) is 0 Å². The predicted octanol–water partition coefficient (Wildman–Crippen LogP) is 2.51. The molecule has 5 heteroatoms. The second-order valence-electron chi connectivity index (χ2n) is 4.60. The average molecular weight is 313 g/mol. The number of hydrogen-bond acceptors (Lipinski definition) is 3. The van der Waals surface area contributed by atoms with E-state index in [9.17, 15) is 9.90 Å². The number of benzene rings is 1. The molecule has 1 N–H and O–H groups in total. The van der Waals surface area contributed by atoms with Gasteiger partial charge in [-0.25, -0.2) is 0 Å². The van der Waals surface area contributed by atoms with Crippen LogP contribution < -0.4 is 9.47 Å². The second kappa shape index (κ2) is 4.16. The third kappa shape index (κ3) is 1.53. The fourth-order valence-electron chi connectivity index (χ4n) is 2.67. The Morgan fingerprint density at radius 2 is 1.83 bits per heavy atom. The smallest absolute Gasteiger partial charge is 0.310 e. The molecule has 1 unspecified atom stereocenters. The summed E-state index contributed by atoms with van der Waals surface area (Å²) in [6.45, 7) is 2.92. The van der Waals surface area contributed by atoms with Gasteiger partial charge in [0.25, 0.3) is 0 Å². The maximum atomic E-state index is 11.3. The number of carbonyl (C=O) groups is 1. The Morgan fingerprint density at radius 1 is 1.22 bits per heavy atom. The minimum absolute atomic E-state index is 0.569. The summed E-state index contributed by atoms with van der Waals surface area (Å²) in [4.78, 5) is 11.3. The molecule has 0 fully saturated rings. The van der Waals surface area contributed by atoms with Crippen LogP contribution in [0.15, 0.2) is 4.47 Å². The van der Waals surface area contributed by atoms with Crippen molar-refractivity contribution in [1.29, 1.82) is 0 Å². The summed E-state index contributed by atoms with van der Waals surface area (Å²) < 4.78 is 12.2. The van der Waals surface area contributed by atoms with Gasteiger partial charge in [-0.2, -0.15) is 0 Å². The first-order chi connectivity index (χ1) is 8.61. The zero-order chi connectivity index (χ0) is 12.9. The maximum Gasteiger partial charge on any atom is 0.310 e. The van der Waals surface area contributed by atoms with Crippen molar-refractivity contribution in [2.75, 3.05) is 13.2 Å². The van der Waals surface area contributed by atoms with Crippen LogP contribution >= 0.6 is 15.9 Å². The van der Waals surface area contributed by atoms with Crippen LogP contribution in [-0.4, -0.2) is 24.3 Å². The molecule has 0 aliphatic carbocycles. The Labute approximate surface area is 113 Å². The summed E-state index contributed by atoms with van der Waals surface area (Å²) in [5, 5.41) is 9.26. The maximum absolute atomic E-state index is 11.3. The molecule has 2 aliphatic heterocycles. The highest BCUT2D eigenvalue weighted by Crippen LogP contribution is 2.49. The van der Waals surface area contributed by atoms with Crippen molar-refractivity contribution < 1.29 is 19.4 Å². The van der Waals surface area contributed by atoms with Crippen LogP contribution in [0.25, 0.3) is 0 Å². The largest absolute Gasteiger partial charge is 0.493 e. The summed E-state index contributed by atoms with van der Waals surface area (Å²) in [6, 6.07) is 0. The van der Waals surface area contributed by atoms with Gasteiger partial charge in [-0.1, -0.05) is 0 Å². The first-order valence-corrected chi connectivity index (χ1v) is 6.76. The molecule has 0 saturated heterocycles. The van der Waals surface area contributed by atoms with Crippen LogP contribution in [0.4, 0.5) is 0 Å². The molecule has 0 radical (unpaired) electrons. The fraction of sp³-hybridized carbons (Fsp3) is 0.462. The lowest BCUT2D eigenvalue weighted by atomic mass is 9.91. The molecule has 0 bridgehead atoms. The number of carboxylic acids is 1. The minimum atomic E-state index is -0.830. The average Bonchev–Trinajstić information content (AvgIpc) is 2.96. The highest BCUT2D eigenvalue weighted by atomic mass is 79.9. The molecular formula is C13H13BrO4. The van der Waals surface area contributed by atoms with E-state index in [0.717, 1.165) is 45.5 Å². The number of halogens is 1. The minimum Gasteiger partial charge on any atom is -0.493 e. The Bertz CT molecular complexity index is 503. The monoisotopic (exact) mass is 312 g/mol. The van der Waals surface area contributed by atoms with E-state index in [-0.39, 0.29) is 0 Å². The van der Waals surface area contributed by atoms with Gasteiger partial charge >= 0.3 is 5.97 Å². The van der Waals surface area contributed by atoms with E-state index in [1.807, 2.05) is 0 Å². The predicted molar refractivity (Wildman–Crippen MR) is 68.6 cm³/mol. The van der Waals surface area contributed by atoms with Gasteiger partial charge in [0.05, 0.1) is 23.6 Å². The van der Waals surface area contributed by atoms with Crippen molar-refractivity contribution >= 4 is 21.9 Å². The number of carboxylic acid groups (broad SMARTS) is 1. The molecule has 0 amide bonds. The molecule has 0 spiro atoms. The van der Waals surface area contributed by atoms with Crippen molar-refractivity contribution in [3.63, 3.8) is 0 Å². The summed E-state index contributed by atoms with van der Waals surface area (Å²) in [7, 11) is 0. The molecule has 96 valence electrons. The molecule has 2 heterocycles. The molecule has 1 aromatic rings. The first kappa shape index (κ1) is 11.8. The second-order valence-corrected chi connectivity index (χ2v) is 5.39.